The first-order chi connectivity index (χ1) is 11.2. The van der Waals surface area contributed by atoms with Crippen molar-refractivity contribution < 1.29 is 9.47 Å². The van der Waals surface area contributed by atoms with E-state index in [1.54, 1.807) is 14.2 Å². The van der Waals surface area contributed by atoms with E-state index in [0.717, 1.165) is 28.3 Å². The maximum atomic E-state index is 5.34. The Bertz CT molecular complexity index is 543. The van der Waals surface area contributed by atoms with Crippen molar-refractivity contribution in [3.63, 3.8) is 0 Å². The van der Waals surface area contributed by atoms with Gasteiger partial charge in [-0.05, 0) is 43.2 Å². The molecule has 0 saturated heterocycles. The lowest BCUT2D eigenvalue weighted by atomic mass is 10.2. The van der Waals surface area contributed by atoms with Gasteiger partial charge in [0.15, 0.2) is 17.5 Å². The van der Waals surface area contributed by atoms with Gasteiger partial charge in [-0.25, -0.2) is 0 Å². The number of hydrogen-bond acceptors (Lipinski definition) is 4. The van der Waals surface area contributed by atoms with E-state index in [-0.39, 0.29) is 24.0 Å². The molecule has 5 nitrogen and oxygen atoms in total. The van der Waals surface area contributed by atoms with Crippen LogP contribution in [0, 0.1) is 0 Å². The van der Waals surface area contributed by atoms with E-state index in [1.165, 1.54) is 19.3 Å². The number of guanidine groups is 1. The Morgan fingerprint density at radius 3 is 2.58 bits per heavy atom. The van der Waals surface area contributed by atoms with Gasteiger partial charge in [-0.3, -0.25) is 4.99 Å². The molecule has 0 radical (unpaired) electrons. The standard InChI is InChI=1S/C17H27N3O2S.HI/c1-18-17(20-13-6-7-14(10-13)23-4)19-11-12-5-8-15(21-2)16(9-12)22-3;/h5,8-9,13-14H,6-7,10-11H2,1-4H3,(H2,18,19,20);1H. The summed E-state index contributed by atoms with van der Waals surface area (Å²) >= 11 is 1.96. The zero-order valence-electron chi connectivity index (χ0n) is 14.8. The van der Waals surface area contributed by atoms with Crippen LogP contribution in [0.4, 0.5) is 0 Å². The van der Waals surface area contributed by atoms with Crippen molar-refractivity contribution in [2.24, 2.45) is 4.99 Å². The second-order valence-electron chi connectivity index (χ2n) is 5.63. The van der Waals surface area contributed by atoms with Crippen LogP contribution in [0.25, 0.3) is 0 Å². The molecule has 7 heteroatoms. The van der Waals surface area contributed by atoms with Crippen molar-refractivity contribution in [3.8, 4) is 11.5 Å². The molecule has 0 aliphatic heterocycles. The Balaban J connectivity index is 0.00000288. The number of aliphatic imine (C=N–C) groups is 1. The average molecular weight is 465 g/mol. The van der Waals surface area contributed by atoms with E-state index < -0.39 is 0 Å². The minimum Gasteiger partial charge on any atom is -0.493 e. The number of methoxy groups -OCH3 is 2. The molecule has 0 aromatic heterocycles. The van der Waals surface area contributed by atoms with E-state index >= 15 is 0 Å². The van der Waals surface area contributed by atoms with Crippen molar-refractivity contribution in [2.75, 3.05) is 27.5 Å². The van der Waals surface area contributed by atoms with Crippen LogP contribution >= 0.6 is 35.7 Å². The van der Waals surface area contributed by atoms with Gasteiger partial charge < -0.3 is 20.1 Å². The van der Waals surface area contributed by atoms with Crippen molar-refractivity contribution >= 4 is 41.7 Å². The fraction of sp³-hybridized carbons (Fsp3) is 0.588. The topological polar surface area (TPSA) is 54.9 Å². The van der Waals surface area contributed by atoms with Crippen LogP contribution in [0.3, 0.4) is 0 Å². The summed E-state index contributed by atoms with van der Waals surface area (Å²) in [5, 5.41) is 7.67. The van der Waals surface area contributed by atoms with Crippen molar-refractivity contribution in [2.45, 2.75) is 37.1 Å². The molecule has 1 aromatic rings. The molecular weight excluding hydrogens is 437 g/mol. The molecular formula is C17H28IN3O2S. The van der Waals surface area contributed by atoms with Crippen LogP contribution in [0.15, 0.2) is 23.2 Å². The highest BCUT2D eigenvalue weighted by Gasteiger charge is 2.24. The molecule has 2 unspecified atom stereocenters. The summed E-state index contributed by atoms with van der Waals surface area (Å²) in [4.78, 5) is 4.33. The molecule has 1 saturated carbocycles. The highest BCUT2D eigenvalue weighted by atomic mass is 127. The monoisotopic (exact) mass is 465 g/mol. The number of nitrogens with zero attached hydrogens (tertiary/aromatic N) is 1. The molecule has 2 N–H and O–H groups in total. The molecule has 0 spiro atoms. The fourth-order valence-corrected chi connectivity index (χ4v) is 3.65. The number of halogens is 1. The summed E-state index contributed by atoms with van der Waals surface area (Å²) in [6.07, 6.45) is 5.89. The zero-order valence-corrected chi connectivity index (χ0v) is 17.9. The average Bonchev–Trinajstić information content (AvgIpc) is 3.05. The van der Waals surface area contributed by atoms with Gasteiger partial charge in [0.2, 0.25) is 0 Å². The Morgan fingerprint density at radius 1 is 1.25 bits per heavy atom. The zero-order chi connectivity index (χ0) is 16.7. The van der Waals surface area contributed by atoms with E-state index in [4.69, 9.17) is 9.47 Å². The number of ether oxygens (including phenoxy) is 2. The third kappa shape index (κ3) is 5.91. The Hall–Kier alpha value is -0.830. The summed E-state index contributed by atoms with van der Waals surface area (Å²) in [6.45, 7) is 0.693. The van der Waals surface area contributed by atoms with E-state index in [2.05, 4.69) is 21.9 Å². The van der Waals surface area contributed by atoms with Crippen molar-refractivity contribution in [1.82, 2.24) is 10.6 Å². The van der Waals surface area contributed by atoms with E-state index in [9.17, 15) is 0 Å². The molecule has 1 aliphatic carbocycles. The van der Waals surface area contributed by atoms with Crippen LogP contribution in [0.2, 0.25) is 0 Å². The number of hydrogen-bond donors (Lipinski definition) is 2. The van der Waals surface area contributed by atoms with Crippen molar-refractivity contribution in [1.29, 1.82) is 0 Å². The highest BCUT2D eigenvalue weighted by molar-refractivity contribution is 14.0. The van der Waals surface area contributed by atoms with Gasteiger partial charge in [0.25, 0.3) is 0 Å². The normalized spacial score (nSPS) is 20.2. The predicted molar refractivity (Wildman–Crippen MR) is 113 cm³/mol. The number of nitrogens with one attached hydrogen (secondary N) is 2. The molecule has 136 valence electrons. The van der Waals surface area contributed by atoms with Gasteiger partial charge >= 0.3 is 0 Å². The van der Waals surface area contributed by atoms with Crippen LogP contribution in [0.1, 0.15) is 24.8 Å². The number of thioether (sulfide) groups is 1. The Labute approximate surface area is 166 Å². The third-order valence-corrected chi connectivity index (χ3v) is 5.29. The first-order valence-electron chi connectivity index (χ1n) is 7.91. The van der Waals surface area contributed by atoms with Crippen molar-refractivity contribution in [3.05, 3.63) is 23.8 Å². The Kier molecular flexibility index (Phi) is 9.65. The number of benzene rings is 1. The third-order valence-electron chi connectivity index (χ3n) is 4.19. The summed E-state index contributed by atoms with van der Waals surface area (Å²) in [5.74, 6) is 2.34. The highest BCUT2D eigenvalue weighted by Crippen LogP contribution is 2.28. The molecule has 1 aliphatic rings. The molecule has 0 heterocycles. The van der Waals surface area contributed by atoms with Crippen LogP contribution in [-0.4, -0.2) is 44.8 Å². The summed E-state index contributed by atoms with van der Waals surface area (Å²) in [6, 6.07) is 6.45. The minimum absolute atomic E-state index is 0. The molecule has 0 bridgehead atoms. The maximum Gasteiger partial charge on any atom is 0.191 e. The second kappa shape index (κ2) is 10.9. The minimum atomic E-state index is 0. The molecule has 1 aromatic carbocycles. The summed E-state index contributed by atoms with van der Waals surface area (Å²) in [5.41, 5.74) is 1.12. The molecule has 1 fully saturated rings. The van der Waals surface area contributed by atoms with Crippen LogP contribution in [0.5, 0.6) is 11.5 Å². The molecule has 24 heavy (non-hydrogen) atoms. The van der Waals surface area contributed by atoms with E-state index in [0.29, 0.717) is 12.6 Å². The summed E-state index contributed by atoms with van der Waals surface area (Å²) in [7, 11) is 5.10. The van der Waals surface area contributed by atoms with E-state index in [1.807, 2.05) is 37.0 Å². The van der Waals surface area contributed by atoms with Crippen LogP contribution < -0.4 is 20.1 Å². The molecule has 2 atom stereocenters. The van der Waals surface area contributed by atoms with Gasteiger partial charge in [0.05, 0.1) is 14.2 Å². The van der Waals surface area contributed by atoms with Gasteiger partial charge in [-0.2, -0.15) is 11.8 Å². The lowest BCUT2D eigenvalue weighted by Crippen LogP contribution is -2.42. The fourth-order valence-electron chi connectivity index (χ4n) is 2.85. The lowest BCUT2D eigenvalue weighted by Gasteiger charge is -2.18. The first-order valence-corrected chi connectivity index (χ1v) is 9.19. The van der Waals surface area contributed by atoms with Crippen LogP contribution in [-0.2, 0) is 6.54 Å². The predicted octanol–water partition coefficient (Wildman–Crippen LogP) is 3.27. The largest absolute Gasteiger partial charge is 0.493 e. The molecule has 0 amide bonds. The molecule has 2 rings (SSSR count). The number of rotatable bonds is 6. The smallest absolute Gasteiger partial charge is 0.191 e. The summed E-state index contributed by atoms with van der Waals surface area (Å²) < 4.78 is 10.6. The lowest BCUT2D eigenvalue weighted by molar-refractivity contribution is 0.354. The van der Waals surface area contributed by atoms with Gasteiger partial charge in [-0.15, -0.1) is 24.0 Å². The Morgan fingerprint density at radius 2 is 2.00 bits per heavy atom. The maximum absolute atomic E-state index is 5.34. The van der Waals surface area contributed by atoms with Gasteiger partial charge in [0.1, 0.15) is 0 Å². The van der Waals surface area contributed by atoms with Gasteiger partial charge in [0, 0.05) is 24.9 Å². The second-order valence-corrected chi connectivity index (χ2v) is 6.77. The quantitative estimate of drug-likeness (QED) is 0.384. The van der Waals surface area contributed by atoms with Gasteiger partial charge in [-0.1, -0.05) is 6.07 Å². The SMILES string of the molecule is CN=C(NCc1ccc(OC)c(OC)c1)NC1CCC(SC)C1.I. The first kappa shape index (κ1) is 21.2.